The fourth-order valence-electron chi connectivity index (χ4n) is 2.52. The lowest BCUT2D eigenvalue weighted by molar-refractivity contribution is 0.677. The predicted octanol–water partition coefficient (Wildman–Crippen LogP) is 4.26. The summed E-state index contributed by atoms with van der Waals surface area (Å²) < 4.78 is 0. The van der Waals surface area contributed by atoms with Crippen LogP contribution in [-0.2, 0) is 12.8 Å². The zero-order chi connectivity index (χ0) is 11.9. The summed E-state index contributed by atoms with van der Waals surface area (Å²) >= 11 is 0. The zero-order valence-electron chi connectivity index (χ0n) is 10.6. The summed E-state index contributed by atoms with van der Waals surface area (Å²) in [5.74, 6) is 0. The van der Waals surface area contributed by atoms with Crippen molar-refractivity contribution in [2.45, 2.75) is 51.4 Å². The average molecular weight is 229 g/mol. The van der Waals surface area contributed by atoms with Crippen LogP contribution in [0.15, 0.2) is 30.4 Å². The van der Waals surface area contributed by atoms with Gasteiger partial charge in [0.05, 0.1) is 0 Å². The van der Waals surface area contributed by atoms with Crippen molar-refractivity contribution >= 4 is 5.69 Å². The van der Waals surface area contributed by atoms with Gasteiger partial charge in [0.25, 0.3) is 0 Å². The zero-order valence-corrected chi connectivity index (χ0v) is 10.6. The molecule has 0 amide bonds. The van der Waals surface area contributed by atoms with Gasteiger partial charge in [0.1, 0.15) is 0 Å². The van der Waals surface area contributed by atoms with Crippen molar-refractivity contribution in [3.05, 3.63) is 41.5 Å². The molecule has 0 bridgehead atoms. The van der Waals surface area contributed by atoms with Crippen LogP contribution in [0.1, 0.15) is 49.7 Å². The molecule has 1 aromatic carbocycles. The number of hydrogen-bond acceptors (Lipinski definition) is 1. The van der Waals surface area contributed by atoms with E-state index in [1.54, 1.807) is 0 Å². The van der Waals surface area contributed by atoms with E-state index < -0.39 is 0 Å². The molecule has 2 rings (SSSR count). The van der Waals surface area contributed by atoms with Gasteiger partial charge in [0, 0.05) is 5.69 Å². The first-order chi connectivity index (χ1) is 8.36. The third-order valence-corrected chi connectivity index (χ3v) is 3.53. The van der Waals surface area contributed by atoms with E-state index in [0.29, 0.717) is 0 Å². The Labute approximate surface area is 105 Å². The van der Waals surface area contributed by atoms with Crippen LogP contribution in [0.5, 0.6) is 0 Å². The predicted molar refractivity (Wildman–Crippen MR) is 75.1 cm³/mol. The van der Waals surface area contributed by atoms with Gasteiger partial charge in [0.2, 0.25) is 0 Å². The van der Waals surface area contributed by atoms with Crippen molar-refractivity contribution in [3.63, 3.8) is 0 Å². The Kier molecular flexibility index (Phi) is 4.66. The van der Waals surface area contributed by atoms with Crippen molar-refractivity contribution in [3.8, 4) is 0 Å². The number of allylic oxidation sites excluding steroid dienone is 2. The first kappa shape index (κ1) is 12.2. The van der Waals surface area contributed by atoms with Crippen LogP contribution in [0, 0.1) is 0 Å². The van der Waals surface area contributed by atoms with E-state index in [4.69, 9.17) is 5.73 Å². The number of nitrogen functional groups attached to an aromatic ring is 1. The molecule has 1 nitrogen and oxygen atoms in total. The Morgan fingerprint density at radius 1 is 0.765 bits per heavy atom. The van der Waals surface area contributed by atoms with Crippen molar-refractivity contribution in [2.24, 2.45) is 0 Å². The lowest BCUT2D eigenvalue weighted by atomic mass is 9.96. The maximum atomic E-state index is 5.89. The second-order valence-electron chi connectivity index (χ2n) is 4.99. The summed E-state index contributed by atoms with van der Waals surface area (Å²) in [7, 11) is 0. The maximum Gasteiger partial charge on any atom is 0.0316 e. The molecule has 0 unspecified atom stereocenters. The minimum Gasteiger partial charge on any atom is -0.399 e. The molecule has 0 saturated carbocycles. The second-order valence-corrected chi connectivity index (χ2v) is 4.99. The van der Waals surface area contributed by atoms with E-state index in [0.717, 1.165) is 5.69 Å². The molecule has 0 saturated heterocycles. The number of fused-ring (bicyclic) bond motifs is 1. The van der Waals surface area contributed by atoms with Gasteiger partial charge in [-0.3, -0.25) is 0 Å². The molecule has 1 aliphatic rings. The van der Waals surface area contributed by atoms with Gasteiger partial charge in [-0.25, -0.2) is 0 Å². The largest absolute Gasteiger partial charge is 0.399 e. The lowest BCUT2D eigenvalue weighted by Crippen LogP contribution is -1.98. The van der Waals surface area contributed by atoms with Gasteiger partial charge >= 0.3 is 0 Å². The summed E-state index contributed by atoms with van der Waals surface area (Å²) in [6.07, 6.45) is 14.8. The summed E-state index contributed by atoms with van der Waals surface area (Å²) in [5, 5.41) is 0. The lowest BCUT2D eigenvalue weighted by Gasteiger charge is -2.11. The van der Waals surface area contributed by atoms with Crippen molar-refractivity contribution in [1.29, 1.82) is 0 Å². The third-order valence-electron chi connectivity index (χ3n) is 3.53. The Hall–Kier alpha value is -1.24. The van der Waals surface area contributed by atoms with E-state index in [-0.39, 0.29) is 0 Å². The number of anilines is 1. The van der Waals surface area contributed by atoms with Crippen molar-refractivity contribution < 1.29 is 0 Å². The third kappa shape index (κ3) is 3.92. The molecule has 0 aromatic heterocycles. The van der Waals surface area contributed by atoms with Crippen LogP contribution >= 0.6 is 0 Å². The van der Waals surface area contributed by atoms with Gasteiger partial charge < -0.3 is 5.73 Å². The van der Waals surface area contributed by atoms with E-state index in [2.05, 4.69) is 24.3 Å². The van der Waals surface area contributed by atoms with E-state index in [9.17, 15) is 0 Å². The summed E-state index contributed by atoms with van der Waals surface area (Å²) in [6.45, 7) is 0. The standard InChI is InChI=1S/C16H23N/c17-16-12-11-14-9-7-5-3-1-2-4-6-8-10-15(14)13-16/h1,3,11-13H,2,4-10,17H2/b3-1-. The van der Waals surface area contributed by atoms with Gasteiger partial charge in [-0.2, -0.15) is 0 Å². The first-order valence-electron chi connectivity index (χ1n) is 6.88. The van der Waals surface area contributed by atoms with Crippen molar-refractivity contribution in [2.75, 3.05) is 5.73 Å². The highest BCUT2D eigenvalue weighted by atomic mass is 14.5. The van der Waals surface area contributed by atoms with Gasteiger partial charge in [-0.15, -0.1) is 0 Å². The average Bonchev–Trinajstić information content (AvgIpc) is 2.31. The highest BCUT2D eigenvalue weighted by Gasteiger charge is 2.03. The van der Waals surface area contributed by atoms with E-state index >= 15 is 0 Å². The Bertz CT molecular complexity index is 379. The number of rotatable bonds is 0. The second kappa shape index (κ2) is 6.48. The quantitative estimate of drug-likeness (QED) is 0.522. The topological polar surface area (TPSA) is 26.0 Å². The molecular weight excluding hydrogens is 206 g/mol. The SMILES string of the molecule is Nc1ccc2c(c1)CCCCC/C=C\CCC2. The molecule has 0 aliphatic heterocycles. The maximum absolute atomic E-state index is 5.89. The highest BCUT2D eigenvalue weighted by molar-refractivity contribution is 5.45. The Morgan fingerprint density at radius 3 is 2.41 bits per heavy atom. The minimum atomic E-state index is 0.913. The van der Waals surface area contributed by atoms with Crippen LogP contribution in [0.3, 0.4) is 0 Å². The number of benzene rings is 1. The normalized spacial score (nSPS) is 19.8. The summed E-state index contributed by atoms with van der Waals surface area (Å²) in [6, 6.07) is 6.44. The van der Waals surface area contributed by atoms with Gasteiger partial charge in [-0.05, 0) is 68.2 Å². The smallest absolute Gasteiger partial charge is 0.0316 e. The molecule has 0 heterocycles. The molecule has 1 aromatic rings. The van der Waals surface area contributed by atoms with Crippen LogP contribution in [-0.4, -0.2) is 0 Å². The molecule has 92 valence electrons. The molecule has 0 spiro atoms. The molecular formula is C16H23N. The number of nitrogens with two attached hydrogens (primary N) is 1. The van der Waals surface area contributed by atoms with Crippen LogP contribution in [0.2, 0.25) is 0 Å². The highest BCUT2D eigenvalue weighted by Crippen LogP contribution is 2.19. The molecule has 1 heteroatoms. The molecule has 0 atom stereocenters. The number of aryl methyl sites for hydroxylation is 2. The summed E-state index contributed by atoms with van der Waals surface area (Å²) in [4.78, 5) is 0. The molecule has 17 heavy (non-hydrogen) atoms. The minimum absolute atomic E-state index is 0.913. The van der Waals surface area contributed by atoms with E-state index in [1.807, 2.05) is 6.07 Å². The Morgan fingerprint density at radius 2 is 1.53 bits per heavy atom. The van der Waals surface area contributed by atoms with Gasteiger partial charge in [0.15, 0.2) is 0 Å². The van der Waals surface area contributed by atoms with Gasteiger partial charge in [-0.1, -0.05) is 24.6 Å². The van der Waals surface area contributed by atoms with Crippen molar-refractivity contribution in [1.82, 2.24) is 0 Å². The molecule has 1 aliphatic carbocycles. The summed E-state index contributed by atoms with van der Waals surface area (Å²) in [5.41, 5.74) is 9.79. The molecule has 2 N–H and O–H groups in total. The van der Waals surface area contributed by atoms with E-state index in [1.165, 1.54) is 62.5 Å². The Balaban J connectivity index is 2.09. The number of hydrogen-bond donors (Lipinski definition) is 1. The van der Waals surface area contributed by atoms with Crippen LogP contribution in [0.4, 0.5) is 5.69 Å². The first-order valence-corrected chi connectivity index (χ1v) is 6.88. The van der Waals surface area contributed by atoms with Crippen LogP contribution in [0.25, 0.3) is 0 Å². The molecule has 0 radical (unpaired) electrons. The van der Waals surface area contributed by atoms with Crippen LogP contribution < -0.4 is 5.73 Å². The monoisotopic (exact) mass is 229 g/mol. The fourth-order valence-corrected chi connectivity index (χ4v) is 2.52. The molecule has 0 fully saturated rings. The fraction of sp³-hybridized carbons (Fsp3) is 0.500.